The number of hydrogen-bond donors (Lipinski definition) is 2. The number of carbonyl (C=O) groups excluding carboxylic acids is 3. The van der Waals surface area contributed by atoms with Gasteiger partial charge in [-0.25, -0.2) is 18.6 Å². The molecular weight excluding hydrogens is 698 g/mol. The molecule has 0 bridgehead atoms. The van der Waals surface area contributed by atoms with E-state index >= 15 is 0 Å². The Morgan fingerprint density at radius 3 is 2.48 bits per heavy atom. The average molecular weight is 739 g/mol. The van der Waals surface area contributed by atoms with Gasteiger partial charge in [-0.3, -0.25) is 38.4 Å². The summed E-state index contributed by atoms with van der Waals surface area (Å²) in [7, 11) is 1.67. The third-order valence-electron chi connectivity index (χ3n) is 10.6. The number of nitriles is 1. The molecule has 3 amide bonds. The van der Waals surface area contributed by atoms with Gasteiger partial charge in [0.1, 0.15) is 23.5 Å². The number of amides is 3. The number of fused-ring (bicyclic) bond motifs is 1. The Kier molecular flexibility index (Phi) is 10.7. The number of imidazole rings is 1. The number of halogens is 2. The largest absolute Gasteiger partial charge is 0.329 e. The van der Waals surface area contributed by atoms with Crippen molar-refractivity contribution in [1.82, 2.24) is 39.0 Å². The van der Waals surface area contributed by atoms with Gasteiger partial charge in [0.15, 0.2) is 5.69 Å². The molecule has 1 aromatic carbocycles. The van der Waals surface area contributed by atoms with Crippen LogP contribution >= 0.6 is 0 Å². The van der Waals surface area contributed by atoms with Gasteiger partial charge in [-0.15, -0.1) is 0 Å². The molecule has 54 heavy (non-hydrogen) atoms. The van der Waals surface area contributed by atoms with Gasteiger partial charge in [0, 0.05) is 52.4 Å². The highest BCUT2D eigenvalue weighted by molar-refractivity contribution is 6.03. The van der Waals surface area contributed by atoms with Gasteiger partial charge in [-0.1, -0.05) is 24.0 Å². The molecule has 2 saturated heterocycles. The molecule has 280 valence electrons. The number of hydrogen-bond acceptors (Lipinski definition) is 9. The topological polar surface area (TPSA) is 163 Å². The Labute approximate surface area is 309 Å². The van der Waals surface area contributed by atoms with Crippen molar-refractivity contribution in [2.45, 2.75) is 57.0 Å². The zero-order chi connectivity index (χ0) is 37.9. The second-order valence-corrected chi connectivity index (χ2v) is 14.1. The first-order valence-electron chi connectivity index (χ1n) is 18.1. The summed E-state index contributed by atoms with van der Waals surface area (Å²) in [5.74, 6) is 5.52. The highest BCUT2D eigenvalue weighted by Gasteiger charge is 2.32. The number of pyridine rings is 1. The summed E-state index contributed by atoms with van der Waals surface area (Å²) in [4.78, 5) is 58.9. The number of alkyl halides is 2. The van der Waals surface area contributed by atoms with Gasteiger partial charge in [-0.2, -0.15) is 10.4 Å². The van der Waals surface area contributed by atoms with Crippen LogP contribution in [0.3, 0.4) is 0 Å². The molecule has 0 radical (unpaired) electrons. The highest BCUT2D eigenvalue weighted by atomic mass is 19.3. The van der Waals surface area contributed by atoms with Crippen molar-refractivity contribution in [2.75, 3.05) is 44.6 Å². The molecule has 16 heteroatoms. The van der Waals surface area contributed by atoms with Crippen LogP contribution in [0.25, 0.3) is 11.0 Å². The molecular formula is C38H40F2N10O4. The molecule has 3 aliphatic rings. The Balaban J connectivity index is 0.900. The van der Waals surface area contributed by atoms with Gasteiger partial charge < -0.3 is 10.2 Å². The number of aryl methyl sites for hydroxylation is 1. The van der Waals surface area contributed by atoms with Crippen LogP contribution in [0.15, 0.2) is 47.4 Å². The van der Waals surface area contributed by atoms with Crippen LogP contribution in [0, 0.1) is 29.1 Å². The smallest absolute Gasteiger partial charge is 0.318 e. The lowest BCUT2D eigenvalue weighted by Gasteiger charge is -2.37. The molecule has 1 atom stereocenters. The van der Waals surface area contributed by atoms with E-state index in [0.29, 0.717) is 29.1 Å². The molecule has 1 unspecified atom stereocenters. The molecule has 14 nitrogen and oxygen atoms in total. The molecule has 0 spiro atoms. The second-order valence-electron chi connectivity index (χ2n) is 14.1. The van der Waals surface area contributed by atoms with E-state index < -0.39 is 30.0 Å². The van der Waals surface area contributed by atoms with Gasteiger partial charge in [-0.05, 0) is 62.3 Å². The lowest BCUT2D eigenvalue weighted by atomic mass is 9.85. The lowest BCUT2D eigenvalue weighted by Crippen LogP contribution is -2.48. The molecule has 3 aromatic heterocycles. The average Bonchev–Trinajstić information content (AvgIpc) is 3.71. The molecule has 1 saturated carbocycles. The Morgan fingerprint density at radius 2 is 1.76 bits per heavy atom. The van der Waals surface area contributed by atoms with Gasteiger partial charge >= 0.3 is 5.69 Å². The van der Waals surface area contributed by atoms with E-state index in [2.05, 4.69) is 42.4 Å². The zero-order valence-corrected chi connectivity index (χ0v) is 29.8. The number of para-hydroxylation sites is 1. The van der Waals surface area contributed by atoms with E-state index in [1.165, 1.54) is 33.5 Å². The van der Waals surface area contributed by atoms with Crippen LogP contribution < -0.4 is 16.3 Å². The predicted molar refractivity (Wildman–Crippen MR) is 193 cm³/mol. The normalized spacial score (nSPS) is 21.1. The van der Waals surface area contributed by atoms with Crippen LogP contribution in [0.5, 0.6) is 0 Å². The second kappa shape index (κ2) is 15.7. The van der Waals surface area contributed by atoms with E-state index in [1.54, 1.807) is 17.8 Å². The van der Waals surface area contributed by atoms with Crippen molar-refractivity contribution in [3.8, 4) is 17.9 Å². The van der Waals surface area contributed by atoms with E-state index in [0.717, 1.165) is 58.4 Å². The summed E-state index contributed by atoms with van der Waals surface area (Å²) in [6.07, 6.45) is 2.51. The molecule has 2 N–H and O–H groups in total. The maximum Gasteiger partial charge on any atom is 0.329 e. The maximum absolute atomic E-state index is 13.9. The molecule has 7 rings (SSSR count). The van der Waals surface area contributed by atoms with Gasteiger partial charge in [0.05, 0.1) is 34.9 Å². The summed E-state index contributed by atoms with van der Waals surface area (Å²) in [5, 5.41) is 18.1. The van der Waals surface area contributed by atoms with E-state index in [-0.39, 0.29) is 47.6 Å². The van der Waals surface area contributed by atoms with Gasteiger partial charge in [0.2, 0.25) is 11.8 Å². The molecule has 1 aliphatic carbocycles. The van der Waals surface area contributed by atoms with E-state index in [4.69, 9.17) is 5.26 Å². The van der Waals surface area contributed by atoms with Crippen molar-refractivity contribution in [3.05, 3.63) is 75.7 Å². The number of anilines is 1. The predicted octanol–water partition coefficient (Wildman–Crippen LogP) is 3.37. The minimum absolute atomic E-state index is 0.0419. The first kappa shape index (κ1) is 36.6. The summed E-state index contributed by atoms with van der Waals surface area (Å²) in [6.45, 7) is 5.09. The minimum Gasteiger partial charge on any atom is -0.318 e. The third kappa shape index (κ3) is 7.67. The molecule has 3 fully saturated rings. The SMILES string of the molecule is Cn1c(=O)n(C2CCC(=O)NC2=O)c2cccc(C#CCN3CCN(C[C@H]4CC[C@H](n5cc(NC(=O)c6cccc(C#N)n6)c(C(F)F)n5)CC4)CC3)c21. The molecule has 4 aromatic rings. The fourth-order valence-corrected chi connectivity index (χ4v) is 7.76. The fourth-order valence-electron chi connectivity index (χ4n) is 7.76. The first-order chi connectivity index (χ1) is 26.1. The first-order valence-corrected chi connectivity index (χ1v) is 18.1. The zero-order valence-electron chi connectivity index (χ0n) is 29.8. The van der Waals surface area contributed by atoms with Crippen molar-refractivity contribution < 1.29 is 23.2 Å². The minimum atomic E-state index is -2.87. The summed E-state index contributed by atoms with van der Waals surface area (Å²) >= 11 is 0. The number of rotatable bonds is 8. The molecule has 5 heterocycles. The fraction of sp³-hybridized carbons (Fsp3) is 0.447. The van der Waals surface area contributed by atoms with Gasteiger partial charge in [0.25, 0.3) is 12.3 Å². The van der Waals surface area contributed by atoms with Crippen molar-refractivity contribution in [2.24, 2.45) is 13.0 Å². The van der Waals surface area contributed by atoms with Crippen LogP contribution in [0.4, 0.5) is 14.5 Å². The van der Waals surface area contributed by atoms with Crippen molar-refractivity contribution >= 4 is 34.4 Å². The Morgan fingerprint density at radius 1 is 1.02 bits per heavy atom. The summed E-state index contributed by atoms with van der Waals surface area (Å²) < 4.78 is 32.3. The van der Waals surface area contributed by atoms with Crippen LogP contribution in [-0.2, 0) is 16.6 Å². The molecule has 2 aliphatic heterocycles. The number of nitrogens with zero attached hydrogens (tertiary/aromatic N) is 8. The maximum atomic E-state index is 13.9. The highest BCUT2D eigenvalue weighted by Crippen LogP contribution is 2.35. The number of piperidine rings is 1. The summed E-state index contributed by atoms with van der Waals surface area (Å²) in [6, 6.07) is 10.9. The number of benzene rings is 1. The number of imide groups is 1. The van der Waals surface area contributed by atoms with Crippen LogP contribution in [-0.4, -0.2) is 90.7 Å². The Hall–Kier alpha value is -5.71. The quantitative estimate of drug-likeness (QED) is 0.204. The van der Waals surface area contributed by atoms with E-state index in [9.17, 15) is 28.0 Å². The van der Waals surface area contributed by atoms with Crippen LogP contribution in [0.2, 0.25) is 0 Å². The monoisotopic (exact) mass is 738 g/mol. The Bertz CT molecular complexity index is 2240. The third-order valence-corrected chi connectivity index (χ3v) is 10.6. The summed E-state index contributed by atoms with van der Waals surface area (Å²) in [5.41, 5.74) is 1.11. The number of nitrogens with one attached hydrogen (secondary N) is 2. The number of carbonyl (C=O) groups is 3. The number of aromatic nitrogens is 5. The van der Waals surface area contributed by atoms with Crippen LogP contribution in [0.1, 0.15) is 84.5 Å². The number of piperazine rings is 1. The lowest BCUT2D eigenvalue weighted by molar-refractivity contribution is -0.135. The standard InChI is InChI=1S/C38H40F2N10O4/c1-46-34-25(5-2-9-30(34)50(38(46)54)31-14-15-32(51)44-37(31)53)6-4-16-47-17-19-48(20-18-47)22-24-10-12-27(13-11-24)49-23-29(33(45-49)35(39)40)43-36(52)28-8-3-7-26(21-41)42-28/h2-3,5,7-9,23-24,27,31,35H,10-20,22H2,1H3,(H,43,52)(H,44,51,53)/t24-,27-,31?. The van der Waals surface area contributed by atoms with E-state index in [1.807, 2.05) is 18.2 Å². The van der Waals surface area contributed by atoms with Crippen molar-refractivity contribution in [3.63, 3.8) is 0 Å². The van der Waals surface area contributed by atoms with Crippen molar-refractivity contribution in [1.29, 1.82) is 5.26 Å².